The number of nitro groups is 1. The van der Waals surface area contributed by atoms with Gasteiger partial charge in [-0.15, -0.1) is 16.4 Å². The van der Waals surface area contributed by atoms with Crippen LogP contribution in [0.1, 0.15) is 39.7 Å². The van der Waals surface area contributed by atoms with Gasteiger partial charge in [0.1, 0.15) is 9.73 Å². The maximum atomic E-state index is 13.3. The molecule has 5 rings (SSSR count). The van der Waals surface area contributed by atoms with Crippen molar-refractivity contribution in [1.29, 1.82) is 0 Å². The molecule has 0 bridgehead atoms. The predicted molar refractivity (Wildman–Crippen MR) is 133 cm³/mol. The Morgan fingerprint density at radius 3 is 2.61 bits per heavy atom. The van der Waals surface area contributed by atoms with Crippen LogP contribution in [0.3, 0.4) is 0 Å². The van der Waals surface area contributed by atoms with Gasteiger partial charge in [0.2, 0.25) is 5.91 Å². The van der Waals surface area contributed by atoms with Gasteiger partial charge in [-0.2, -0.15) is 4.31 Å². The van der Waals surface area contributed by atoms with E-state index in [0.29, 0.717) is 36.4 Å². The molecule has 0 unspecified atom stereocenters. The molecule has 0 aliphatic carbocycles. The van der Waals surface area contributed by atoms with E-state index in [2.05, 4.69) is 10.3 Å². The number of primary amides is 1. The maximum absolute atomic E-state index is 13.3. The SMILES string of the molecule is NC(=O)c1ccc([N+](=O)[O-])cc1Cc1ccc(S(=O)(=O)N2CCC(n3nnc4ccccc43)CC2)s1. The molecule has 0 saturated carbocycles. The zero-order valence-electron chi connectivity index (χ0n) is 19.0. The topological polar surface area (TPSA) is 154 Å². The first-order valence-corrected chi connectivity index (χ1v) is 13.5. The number of non-ortho nitro benzene ring substituents is 1. The maximum Gasteiger partial charge on any atom is 0.269 e. The number of para-hydroxylation sites is 1. The molecule has 4 aromatic rings. The van der Waals surface area contributed by atoms with E-state index in [-0.39, 0.29) is 27.9 Å². The van der Waals surface area contributed by atoms with E-state index in [1.165, 1.54) is 28.6 Å². The lowest BCUT2D eigenvalue weighted by Gasteiger charge is -2.30. The Balaban J connectivity index is 1.31. The Bertz CT molecular complexity index is 1570. The van der Waals surface area contributed by atoms with Gasteiger partial charge in [-0.1, -0.05) is 17.3 Å². The van der Waals surface area contributed by atoms with Crippen molar-refractivity contribution >= 4 is 44.0 Å². The fourth-order valence-corrected chi connectivity index (χ4v) is 7.47. The first kappa shape index (κ1) is 24.0. The van der Waals surface area contributed by atoms with Gasteiger partial charge in [-0.3, -0.25) is 14.9 Å². The minimum atomic E-state index is -3.71. The van der Waals surface area contributed by atoms with Gasteiger partial charge in [-0.25, -0.2) is 13.1 Å². The number of carbonyl (C=O) groups is 1. The molecule has 0 atom stereocenters. The Kier molecular flexibility index (Phi) is 6.28. The van der Waals surface area contributed by atoms with Crippen LogP contribution in [0.2, 0.25) is 0 Å². The van der Waals surface area contributed by atoms with Gasteiger partial charge in [0, 0.05) is 42.1 Å². The Morgan fingerprint density at radius 2 is 1.89 bits per heavy atom. The number of benzene rings is 2. The third-order valence-corrected chi connectivity index (χ3v) is 9.76. The van der Waals surface area contributed by atoms with Crippen LogP contribution in [-0.4, -0.2) is 51.6 Å². The molecule has 0 radical (unpaired) electrons. The van der Waals surface area contributed by atoms with Gasteiger partial charge in [0.05, 0.1) is 16.5 Å². The largest absolute Gasteiger partial charge is 0.366 e. The van der Waals surface area contributed by atoms with E-state index in [1.54, 1.807) is 6.07 Å². The van der Waals surface area contributed by atoms with Crippen molar-refractivity contribution in [3.05, 3.63) is 80.7 Å². The fraction of sp³-hybridized carbons (Fsp3) is 0.261. The zero-order chi connectivity index (χ0) is 25.4. The number of thiophene rings is 1. The molecule has 1 amide bonds. The first-order valence-electron chi connectivity index (χ1n) is 11.2. The summed E-state index contributed by atoms with van der Waals surface area (Å²) >= 11 is 1.08. The summed E-state index contributed by atoms with van der Waals surface area (Å²) in [5.74, 6) is -0.702. The normalized spacial score (nSPS) is 15.3. The monoisotopic (exact) mass is 526 g/mol. The number of sulfonamides is 1. The highest BCUT2D eigenvalue weighted by Gasteiger charge is 2.32. The molecule has 186 valence electrons. The van der Waals surface area contributed by atoms with E-state index in [4.69, 9.17) is 5.73 Å². The number of aromatic nitrogens is 3. The second kappa shape index (κ2) is 9.41. The molecule has 0 spiro atoms. The molecule has 3 heterocycles. The predicted octanol–water partition coefficient (Wildman–Crippen LogP) is 3.12. The lowest BCUT2D eigenvalue weighted by molar-refractivity contribution is -0.384. The lowest BCUT2D eigenvalue weighted by atomic mass is 10.0. The highest BCUT2D eigenvalue weighted by atomic mass is 32.2. The molecular formula is C23H22N6O5S2. The number of hydrogen-bond donors (Lipinski definition) is 1. The summed E-state index contributed by atoms with van der Waals surface area (Å²) in [6, 6.07) is 14.8. The molecule has 36 heavy (non-hydrogen) atoms. The third-order valence-electron chi connectivity index (χ3n) is 6.31. The number of nitrogens with zero attached hydrogens (tertiary/aromatic N) is 5. The number of carbonyl (C=O) groups excluding carboxylic acids is 1. The van der Waals surface area contributed by atoms with Crippen molar-refractivity contribution in [2.75, 3.05) is 13.1 Å². The summed E-state index contributed by atoms with van der Waals surface area (Å²) < 4.78 is 30.2. The molecule has 1 saturated heterocycles. The van der Waals surface area contributed by atoms with Crippen molar-refractivity contribution in [1.82, 2.24) is 19.3 Å². The molecule has 2 aromatic carbocycles. The van der Waals surface area contributed by atoms with Crippen molar-refractivity contribution in [2.24, 2.45) is 5.73 Å². The van der Waals surface area contributed by atoms with Gasteiger partial charge in [-0.05, 0) is 48.7 Å². The summed E-state index contributed by atoms with van der Waals surface area (Å²) in [7, 11) is -3.71. The second-order valence-corrected chi connectivity index (χ2v) is 11.9. The number of fused-ring (bicyclic) bond motifs is 1. The standard InChI is InChI=1S/C23H22N6O5S2/c24-23(30)19-7-5-17(29(31)32)13-15(19)14-18-6-8-22(35-18)36(33,34)27-11-9-16(10-12-27)28-21-4-2-1-3-20(21)25-26-28/h1-8,13,16H,9-12,14H2,(H2,24,30). The molecule has 13 heteroatoms. The quantitative estimate of drug-likeness (QED) is 0.287. The van der Waals surface area contributed by atoms with Crippen LogP contribution in [0.15, 0.2) is 58.8 Å². The Labute approximate surface area is 210 Å². The summed E-state index contributed by atoms with van der Waals surface area (Å²) in [6.45, 7) is 0.705. The number of nitro benzene ring substituents is 1. The molecule has 2 aromatic heterocycles. The van der Waals surface area contributed by atoms with Crippen LogP contribution in [0.25, 0.3) is 11.0 Å². The summed E-state index contributed by atoms with van der Waals surface area (Å²) in [5, 5.41) is 19.6. The van der Waals surface area contributed by atoms with Crippen LogP contribution in [-0.2, 0) is 16.4 Å². The molecule has 1 fully saturated rings. The molecule has 1 aliphatic rings. The van der Waals surface area contributed by atoms with Crippen LogP contribution < -0.4 is 5.73 Å². The van der Waals surface area contributed by atoms with Crippen LogP contribution in [0.5, 0.6) is 0 Å². The Hall–Kier alpha value is -3.68. The number of piperidine rings is 1. The van der Waals surface area contributed by atoms with Gasteiger partial charge < -0.3 is 5.73 Å². The van der Waals surface area contributed by atoms with Crippen molar-refractivity contribution in [3.8, 4) is 0 Å². The van der Waals surface area contributed by atoms with E-state index in [0.717, 1.165) is 22.4 Å². The van der Waals surface area contributed by atoms with Gasteiger partial charge in [0.15, 0.2) is 0 Å². The van der Waals surface area contributed by atoms with Crippen LogP contribution in [0, 0.1) is 10.1 Å². The van der Waals surface area contributed by atoms with Gasteiger partial charge in [0.25, 0.3) is 15.7 Å². The minimum absolute atomic E-state index is 0.0591. The van der Waals surface area contributed by atoms with E-state index in [1.807, 2.05) is 28.9 Å². The van der Waals surface area contributed by atoms with E-state index in [9.17, 15) is 23.3 Å². The molecular weight excluding hydrogens is 504 g/mol. The molecule has 2 N–H and O–H groups in total. The summed E-state index contributed by atoms with van der Waals surface area (Å²) in [5.41, 5.74) is 7.54. The minimum Gasteiger partial charge on any atom is -0.366 e. The fourth-order valence-electron chi connectivity index (χ4n) is 4.47. The highest BCUT2D eigenvalue weighted by molar-refractivity contribution is 7.91. The van der Waals surface area contributed by atoms with E-state index < -0.39 is 20.9 Å². The van der Waals surface area contributed by atoms with Crippen molar-refractivity contribution in [2.45, 2.75) is 29.5 Å². The average molecular weight is 527 g/mol. The highest BCUT2D eigenvalue weighted by Crippen LogP contribution is 2.32. The van der Waals surface area contributed by atoms with E-state index >= 15 is 0 Å². The number of nitrogens with two attached hydrogens (primary N) is 1. The first-order chi connectivity index (χ1) is 17.2. The molecule has 11 nitrogen and oxygen atoms in total. The second-order valence-electron chi connectivity index (χ2n) is 8.52. The van der Waals surface area contributed by atoms with Gasteiger partial charge >= 0.3 is 0 Å². The number of hydrogen-bond acceptors (Lipinski definition) is 8. The van der Waals surface area contributed by atoms with Crippen molar-refractivity contribution in [3.63, 3.8) is 0 Å². The lowest BCUT2D eigenvalue weighted by Crippen LogP contribution is -2.38. The number of rotatable bonds is 7. The summed E-state index contributed by atoms with van der Waals surface area (Å²) in [6.07, 6.45) is 1.38. The van der Waals surface area contributed by atoms with Crippen molar-refractivity contribution < 1.29 is 18.1 Å². The zero-order valence-corrected chi connectivity index (χ0v) is 20.6. The van der Waals surface area contributed by atoms with Crippen LogP contribution >= 0.6 is 11.3 Å². The number of amides is 1. The molecule has 1 aliphatic heterocycles. The Morgan fingerprint density at radius 1 is 1.14 bits per heavy atom. The summed E-state index contributed by atoms with van der Waals surface area (Å²) in [4.78, 5) is 23.1. The smallest absolute Gasteiger partial charge is 0.269 e. The third kappa shape index (κ3) is 4.47. The average Bonchev–Trinajstić information content (AvgIpc) is 3.52. The van der Waals surface area contributed by atoms with Crippen LogP contribution in [0.4, 0.5) is 5.69 Å².